The summed E-state index contributed by atoms with van der Waals surface area (Å²) in [7, 11) is 0. The zero-order valence-corrected chi connectivity index (χ0v) is 12.3. The fraction of sp³-hybridized carbons (Fsp3) is 0.294. The Kier molecular flexibility index (Phi) is 4.51. The lowest BCUT2D eigenvalue weighted by Crippen LogP contribution is -2.19. The molecular weight excluding hydrogens is 266 g/mol. The topological polar surface area (TPSA) is 21.3 Å². The number of thiophene rings is 1. The maximum absolute atomic E-state index is 5.79. The highest BCUT2D eigenvalue weighted by atomic mass is 32.1. The predicted octanol–water partition coefficient (Wildman–Crippen LogP) is 3.75. The first kappa shape index (κ1) is 13.4. The Labute approximate surface area is 124 Å². The van der Waals surface area contributed by atoms with Gasteiger partial charge >= 0.3 is 0 Å². The van der Waals surface area contributed by atoms with Gasteiger partial charge in [0.2, 0.25) is 0 Å². The van der Waals surface area contributed by atoms with Crippen LogP contribution in [0.3, 0.4) is 0 Å². The average Bonchev–Trinajstić information content (AvgIpc) is 3.02. The van der Waals surface area contributed by atoms with Gasteiger partial charge in [0, 0.05) is 13.0 Å². The number of nitrogens with one attached hydrogen (secondary N) is 1. The normalized spacial score (nSPS) is 14.9. The Hall–Kier alpha value is -1.58. The van der Waals surface area contributed by atoms with E-state index in [1.54, 1.807) is 11.3 Å². The van der Waals surface area contributed by atoms with Crippen molar-refractivity contribution in [1.82, 2.24) is 5.32 Å². The van der Waals surface area contributed by atoms with E-state index < -0.39 is 0 Å². The van der Waals surface area contributed by atoms with Crippen molar-refractivity contribution in [2.75, 3.05) is 19.7 Å². The van der Waals surface area contributed by atoms with Crippen molar-refractivity contribution < 1.29 is 4.74 Å². The van der Waals surface area contributed by atoms with E-state index in [4.69, 9.17) is 4.74 Å². The lowest BCUT2D eigenvalue weighted by atomic mass is 10.0. The standard InChI is InChI=1S/C17H19NOS/c1-3-17(19-11-7-14-8-12-20-13-14)4-2-15(1)16-5-9-18-10-6-16/h1-5,8,12-13,18H,6-7,9-11H2. The number of hydrogen-bond donors (Lipinski definition) is 1. The van der Waals surface area contributed by atoms with Crippen LogP contribution in [-0.2, 0) is 6.42 Å². The average molecular weight is 285 g/mol. The molecule has 1 aromatic heterocycles. The van der Waals surface area contributed by atoms with E-state index in [9.17, 15) is 0 Å². The van der Waals surface area contributed by atoms with Gasteiger partial charge in [-0.15, -0.1) is 0 Å². The van der Waals surface area contributed by atoms with Crippen LogP contribution in [-0.4, -0.2) is 19.7 Å². The van der Waals surface area contributed by atoms with Crippen molar-refractivity contribution in [3.63, 3.8) is 0 Å². The van der Waals surface area contributed by atoms with Crippen molar-refractivity contribution in [2.45, 2.75) is 12.8 Å². The minimum atomic E-state index is 0.739. The number of rotatable bonds is 5. The largest absolute Gasteiger partial charge is 0.493 e. The molecule has 2 heterocycles. The quantitative estimate of drug-likeness (QED) is 0.903. The summed E-state index contributed by atoms with van der Waals surface area (Å²) in [6.45, 7) is 2.79. The van der Waals surface area contributed by atoms with E-state index in [0.29, 0.717) is 0 Å². The van der Waals surface area contributed by atoms with Gasteiger partial charge in [0.1, 0.15) is 5.75 Å². The molecule has 0 atom stereocenters. The zero-order chi connectivity index (χ0) is 13.6. The Morgan fingerprint density at radius 3 is 2.75 bits per heavy atom. The van der Waals surface area contributed by atoms with E-state index in [-0.39, 0.29) is 0 Å². The van der Waals surface area contributed by atoms with E-state index in [1.807, 2.05) is 0 Å². The molecule has 1 aliphatic heterocycles. The first-order valence-electron chi connectivity index (χ1n) is 7.06. The van der Waals surface area contributed by atoms with Crippen LogP contribution in [0.1, 0.15) is 17.5 Å². The van der Waals surface area contributed by atoms with Crippen LogP contribution in [0.4, 0.5) is 0 Å². The molecule has 3 heteroatoms. The summed E-state index contributed by atoms with van der Waals surface area (Å²) in [6, 6.07) is 10.6. The predicted molar refractivity (Wildman–Crippen MR) is 85.4 cm³/mol. The molecule has 0 saturated heterocycles. The first-order chi connectivity index (χ1) is 9.92. The molecular formula is C17H19NOS. The van der Waals surface area contributed by atoms with Crippen molar-refractivity contribution in [1.29, 1.82) is 0 Å². The second-order valence-corrected chi connectivity index (χ2v) is 5.72. The maximum atomic E-state index is 5.79. The molecule has 0 unspecified atom stereocenters. The SMILES string of the molecule is C1=C(c2ccc(OCCc3ccsc3)cc2)CCNC1. The molecule has 20 heavy (non-hydrogen) atoms. The molecule has 1 aromatic carbocycles. The fourth-order valence-electron chi connectivity index (χ4n) is 2.37. The number of benzene rings is 1. The third kappa shape index (κ3) is 3.50. The second kappa shape index (κ2) is 6.73. The highest BCUT2D eigenvalue weighted by Crippen LogP contribution is 2.22. The second-order valence-electron chi connectivity index (χ2n) is 4.94. The third-order valence-corrected chi connectivity index (χ3v) is 4.26. The van der Waals surface area contributed by atoms with Gasteiger partial charge in [0.25, 0.3) is 0 Å². The number of hydrogen-bond acceptors (Lipinski definition) is 3. The monoisotopic (exact) mass is 285 g/mol. The van der Waals surface area contributed by atoms with Crippen molar-refractivity contribution >= 4 is 16.9 Å². The molecule has 1 aliphatic rings. The van der Waals surface area contributed by atoms with Crippen LogP contribution in [0.2, 0.25) is 0 Å². The molecule has 2 aromatic rings. The lowest BCUT2D eigenvalue weighted by molar-refractivity contribution is 0.322. The van der Waals surface area contributed by atoms with E-state index in [2.05, 4.69) is 52.5 Å². The van der Waals surface area contributed by atoms with Gasteiger partial charge in [-0.2, -0.15) is 11.3 Å². The van der Waals surface area contributed by atoms with Gasteiger partial charge in [-0.3, -0.25) is 0 Å². The van der Waals surface area contributed by atoms with Gasteiger partial charge in [-0.05, 0) is 58.6 Å². The molecule has 0 spiro atoms. The van der Waals surface area contributed by atoms with Crippen molar-refractivity contribution in [3.05, 3.63) is 58.3 Å². The van der Waals surface area contributed by atoms with E-state index >= 15 is 0 Å². The van der Waals surface area contributed by atoms with Crippen LogP contribution in [0, 0.1) is 0 Å². The van der Waals surface area contributed by atoms with E-state index in [0.717, 1.165) is 38.3 Å². The van der Waals surface area contributed by atoms with Gasteiger partial charge in [-0.1, -0.05) is 18.2 Å². The summed E-state index contributed by atoms with van der Waals surface area (Å²) in [5.41, 5.74) is 4.11. The lowest BCUT2D eigenvalue weighted by Gasteiger charge is -2.14. The molecule has 3 rings (SSSR count). The summed E-state index contributed by atoms with van der Waals surface area (Å²) in [5, 5.41) is 7.62. The van der Waals surface area contributed by atoms with Crippen molar-refractivity contribution in [3.8, 4) is 5.75 Å². The van der Waals surface area contributed by atoms with Crippen LogP contribution in [0.5, 0.6) is 5.75 Å². The van der Waals surface area contributed by atoms with Crippen LogP contribution in [0.15, 0.2) is 47.2 Å². The molecule has 0 fully saturated rings. The Bertz CT molecular complexity index is 557. The highest BCUT2D eigenvalue weighted by molar-refractivity contribution is 7.07. The van der Waals surface area contributed by atoms with Crippen molar-refractivity contribution in [2.24, 2.45) is 0 Å². The highest BCUT2D eigenvalue weighted by Gasteiger charge is 2.05. The minimum Gasteiger partial charge on any atom is -0.493 e. The summed E-state index contributed by atoms with van der Waals surface area (Å²) in [5.74, 6) is 0.957. The van der Waals surface area contributed by atoms with E-state index in [1.165, 1.54) is 16.7 Å². The summed E-state index contributed by atoms with van der Waals surface area (Å²) in [4.78, 5) is 0. The molecule has 0 radical (unpaired) electrons. The molecule has 0 aliphatic carbocycles. The third-order valence-electron chi connectivity index (χ3n) is 3.53. The molecule has 104 valence electrons. The molecule has 0 saturated carbocycles. The Morgan fingerprint density at radius 2 is 2.05 bits per heavy atom. The van der Waals surface area contributed by atoms with Gasteiger partial charge < -0.3 is 10.1 Å². The minimum absolute atomic E-state index is 0.739. The molecule has 2 nitrogen and oxygen atoms in total. The number of ether oxygens (including phenoxy) is 1. The molecule has 0 amide bonds. The summed E-state index contributed by atoms with van der Waals surface area (Å²) >= 11 is 1.74. The van der Waals surface area contributed by atoms with Crippen LogP contribution < -0.4 is 10.1 Å². The van der Waals surface area contributed by atoms with Crippen LogP contribution >= 0.6 is 11.3 Å². The summed E-state index contributed by atoms with van der Waals surface area (Å²) in [6.07, 6.45) is 4.36. The summed E-state index contributed by atoms with van der Waals surface area (Å²) < 4.78 is 5.79. The first-order valence-corrected chi connectivity index (χ1v) is 8.00. The fourth-order valence-corrected chi connectivity index (χ4v) is 3.07. The van der Waals surface area contributed by atoms with Gasteiger partial charge in [0.05, 0.1) is 6.61 Å². The molecule has 1 N–H and O–H groups in total. The maximum Gasteiger partial charge on any atom is 0.119 e. The Morgan fingerprint density at radius 1 is 1.15 bits per heavy atom. The van der Waals surface area contributed by atoms with Gasteiger partial charge in [0.15, 0.2) is 0 Å². The molecule has 0 bridgehead atoms. The Balaban J connectivity index is 1.54. The smallest absolute Gasteiger partial charge is 0.119 e. The zero-order valence-electron chi connectivity index (χ0n) is 11.5. The van der Waals surface area contributed by atoms with Crippen LogP contribution in [0.25, 0.3) is 5.57 Å². The van der Waals surface area contributed by atoms with Gasteiger partial charge in [-0.25, -0.2) is 0 Å².